The van der Waals surface area contributed by atoms with Gasteiger partial charge in [0.1, 0.15) is 5.82 Å². The van der Waals surface area contributed by atoms with E-state index in [4.69, 9.17) is 4.98 Å². The molecule has 0 fully saturated rings. The Labute approximate surface area is 117 Å². The van der Waals surface area contributed by atoms with Crippen molar-refractivity contribution >= 4 is 0 Å². The van der Waals surface area contributed by atoms with Crippen LogP contribution < -0.4 is 5.32 Å². The molecule has 0 radical (unpaired) electrons. The molecule has 1 aromatic rings. The lowest BCUT2D eigenvalue weighted by molar-refractivity contribution is 0.487. The van der Waals surface area contributed by atoms with Crippen LogP contribution in [0.15, 0.2) is 6.20 Å². The third kappa shape index (κ3) is 3.53. The molecule has 2 atom stereocenters. The molecule has 0 aliphatic heterocycles. The van der Waals surface area contributed by atoms with Crippen molar-refractivity contribution < 1.29 is 0 Å². The molecule has 0 bridgehead atoms. The summed E-state index contributed by atoms with van der Waals surface area (Å²) in [6, 6.07) is 0.462. The van der Waals surface area contributed by atoms with E-state index in [1.165, 1.54) is 36.9 Å². The molecule has 19 heavy (non-hydrogen) atoms. The maximum Gasteiger partial charge on any atom is 0.131 e. The zero-order valence-electron chi connectivity index (χ0n) is 12.6. The van der Waals surface area contributed by atoms with E-state index in [2.05, 4.69) is 37.3 Å². The standard InChI is InChI=1S/C16H27N3/c1-4-10-17-14-8-6-7-9-15-13(14)11-18-16(19-15)12(3)5-2/h11-12,14,17H,4-10H2,1-3H3. The van der Waals surface area contributed by atoms with Gasteiger partial charge in [-0.25, -0.2) is 9.97 Å². The molecule has 1 N–H and O–H groups in total. The Hall–Kier alpha value is -0.960. The number of hydrogen-bond acceptors (Lipinski definition) is 3. The van der Waals surface area contributed by atoms with Crippen LogP contribution in [0.1, 0.15) is 81.9 Å². The third-order valence-electron chi connectivity index (χ3n) is 4.14. The summed E-state index contributed by atoms with van der Waals surface area (Å²) < 4.78 is 0. The molecule has 1 aliphatic carbocycles. The summed E-state index contributed by atoms with van der Waals surface area (Å²) in [5.74, 6) is 1.49. The fraction of sp³-hybridized carbons (Fsp3) is 0.750. The predicted molar refractivity (Wildman–Crippen MR) is 79.3 cm³/mol. The van der Waals surface area contributed by atoms with Gasteiger partial charge in [0.05, 0.1) is 0 Å². The van der Waals surface area contributed by atoms with Gasteiger partial charge in [-0.3, -0.25) is 0 Å². The number of rotatable bonds is 5. The van der Waals surface area contributed by atoms with Crippen LogP contribution in [0.3, 0.4) is 0 Å². The molecular formula is C16H27N3. The van der Waals surface area contributed by atoms with Gasteiger partial charge in [-0.15, -0.1) is 0 Å². The van der Waals surface area contributed by atoms with Gasteiger partial charge in [-0.05, 0) is 38.6 Å². The van der Waals surface area contributed by atoms with Gasteiger partial charge in [0.25, 0.3) is 0 Å². The van der Waals surface area contributed by atoms with Gasteiger partial charge in [-0.2, -0.15) is 0 Å². The molecule has 0 saturated carbocycles. The van der Waals surface area contributed by atoms with Crippen LogP contribution in [-0.2, 0) is 6.42 Å². The summed E-state index contributed by atoms with van der Waals surface area (Å²) in [5, 5.41) is 3.65. The average Bonchev–Trinajstić information content (AvgIpc) is 2.65. The van der Waals surface area contributed by atoms with E-state index in [1.54, 1.807) is 0 Å². The zero-order chi connectivity index (χ0) is 13.7. The Kier molecular flexibility index (Phi) is 5.32. The molecule has 0 saturated heterocycles. The van der Waals surface area contributed by atoms with Gasteiger partial charge in [0.2, 0.25) is 0 Å². The largest absolute Gasteiger partial charge is 0.310 e. The molecule has 3 nitrogen and oxygen atoms in total. The van der Waals surface area contributed by atoms with E-state index in [0.29, 0.717) is 12.0 Å². The van der Waals surface area contributed by atoms with E-state index >= 15 is 0 Å². The molecule has 1 heterocycles. The quantitative estimate of drug-likeness (QED) is 0.820. The van der Waals surface area contributed by atoms with Crippen molar-refractivity contribution in [3.63, 3.8) is 0 Å². The zero-order valence-corrected chi connectivity index (χ0v) is 12.6. The summed E-state index contributed by atoms with van der Waals surface area (Å²) in [6.45, 7) is 7.71. The topological polar surface area (TPSA) is 37.8 Å². The SMILES string of the molecule is CCCNC1CCCCc2nc(C(C)CC)ncc21. The fourth-order valence-electron chi connectivity index (χ4n) is 2.68. The van der Waals surface area contributed by atoms with Gasteiger partial charge in [0, 0.05) is 29.4 Å². The number of aryl methyl sites for hydroxylation is 1. The molecule has 106 valence electrons. The average molecular weight is 261 g/mol. The summed E-state index contributed by atoms with van der Waals surface area (Å²) in [4.78, 5) is 9.46. The van der Waals surface area contributed by atoms with E-state index in [9.17, 15) is 0 Å². The molecule has 2 unspecified atom stereocenters. The molecule has 2 rings (SSSR count). The van der Waals surface area contributed by atoms with E-state index in [1.807, 2.05) is 0 Å². The summed E-state index contributed by atoms with van der Waals surface area (Å²) >= 11 is 0. The smallest absolute Gasteiger partial charge is 0.131 e. The van der Waals surface area contributed by atoms with Crippen LogP contribution in [0.5, 0.6) is 0 Å². The van der Waals surface area contributed by atoms with Crippen LogP contribution in [-0.4, -0.2) is 16.5 Å². The van der Waals surface area contributed by atoms with Crippen LogP contribution in [0, 0.1) is 0 Å². The first-order valence-electron chi connectivity index (χ1n) is 7.85. The van der Waals surface area contributed by atoms with Gasteiger partial charge in [-0.1, -0.05) is 27.2 Å². The highest BCUT2D eigenvalue weighted by Crippen LogP contribution is 2.28. The number of nitrogens with one attached hydrogen (secondary N) is 1. The highest BCUT2D eigenvalue weighted by Gasteiger charge is 2.20. The van der Waals surface area contributed by atoms with Crippen LogP contribution >= 0.6 is 0 Å². The first kappa shape index (κ1) is 14.4. The Bertz CT molecular complexity index is 403. The first-order valence-corrected chi connectivity index (χ1v) is 7.85. The van der Waals surface area contributed by atoms with Crippen LogP contribution in [0.2, 0.25) is 0 Å². The van der Waals surface area contributed by atoms with Gasteiger partial charge < -0.3 is 5.32 Å². The van der Waals surface area contributed by atoms with Crippen molar-refractivity contribution in [1.82, 2.24) is 15.3 Å². The minimum absolute atomic E-state index is 0.462. The Morgan fingerprint density at radius 3 is 2.95 bits per heavy atom. The van der Waals surface area contributed by atoms with Crippen molar-refractivity contribution in [2.75, 3.05) is 6.54 Å². The van der Waals surface area contributed by atoms with Crippen LogP contribution in [0.4, 0.5) is 0 Å². The molecule has 0 aromatic carbocycles. The Morgan fingerprint density at radius 2 is 2.21 bits per heavy atom. The molecule has 1 aliphatic rings. The van der Waals surface area contributed by atoms with Crippen molar-refractivity contribution in [1.29, 1.82) is 0 Å². The Morgan fingerprint density at radius 1 is 1.37 bits per heavy atom. The minimum Gasteiger partial charge on any atom is -0.310 e. The van der Waals surface area contributed by atoms with E-state index < -0.39 is 0 Å². The lowest BCUT2D eigenvalue weighted by Gasteiger charge is -2.19. The predicted octanol–water partition coefficient (Wildman–Crippen LogP) is 3.76. The minimum atomic E-state index is 0.462. The monoisotopic (exact) mass is 261 g/mol. The molecular weight excluding hydrogens is 234 g/mol. The summed E-state index contributed by atoms with van der Waals surface area (Å²) in [6.07, 6.45) is 9.26. The Balaban J connectivity index is 2.24. The van der Waals surface area contributed by atoms with Gasteiger partial charge in [0.15, 0.2) is 0 Å². The second-order valence-corrected chi connectivity index (χ2v) is 5.69. The lowest BCUT2D eigenvalue weighted by atomic mass is 10.0. The first-order chi connectivity index (χ1) is 9.26. The molecule has 3 heteroatoms. The fourth-order valence-corrected chi connectivity index (χ4v) is 2.68. The van der Waals surface area contributed by atoms with Crippen LogP contribution in [0.25, 0.3) is 0 Å². The van der Waals surface area contributed by atoms with Gasteiger partial charge >= 0.3 is 0 Å². The van der Waals surface area contributed by atoms with E-state index in [-0.39, 0.29) is 0 Å². The molecule has 1 aromatic heterocycles. The van der Waals surface area contributed by atoms with Crippen molar-refractivity contribution in [3.8, 4) is 0 Å². The highest BCUT2D eigenvalue weighted by molar-refractivity contribution is 5.24. The second-order valence-electron chi connectivity index (χ2n) is 5.69. The number of aromatic nitrogens is 2. The third-order valence-corrected chi connectivity index (χ3v) is 4.14. The number of fused-ring (bicyclic) bond motifs is 1. The maximum absolute atomic E-state index is 4.85. The highest BCUT2D eigenvalue weighted by atomic mass is 14.9. The number of nitrogens with zero attached hydrogens (tertiary/aromatic N) is 2. The normalized spacial score (nSPS) is 20.7. The van der Waals surface area contributed by atoms with Crippen molar-refractivity contribution in [3.05, 3.63) is 23.3 Å². The number of hydrogen-bond donors (Lipinski definition) is 1. The van der Waals surface area contributed by atoms with Crippen molar-refractivity contribution in [2.45, 2.75) is 71.3 Å². The maximum atomic E-state index is 4.85. The van der Waals surface area contributed by atoms with Crippen molar-refractivity contribution in [2.24, 2.45) is 0 Å². The second kappa shape index (κ2) is 6.99. The molecule has 0 spiro atoms. The lowest BCUT2D eigenvalue weighted by Crippen LogP contribution is -2.23. The summed E-state index contributed by atoms with van der Waals surface area (Å²) in [7, 11) is 0. The summed E-state index contributed by atoms with van der Waals surface area (Å²) in [5.41, 5.74) is 2.63. The molecule has 0 amide bonds. The van der Waals surface area contributed by atoms with E-state index in [0.717, 1.165) is 25.2 Å².